The van der Waals surface area contributed by atoms with Crippen LogP contribution in [0.2, 0.25) is 0 Å². The Morgan fingerprint density at radius 2 is 2.36 bits per heavy atom. The number of fused-ring (bicyclic) bond motifs is 2. The van der Waals surface area contributed by atoms with E-state index in [1.54, 1.807) is 0 Å². The maximum atomic E-state index is 12.2. The molecule has 3 aliphatic rings. The van der Waals surface area contributed by atoms with E-state index in [4.69, 9.17) is 4.74 Å². The van der Waals surface area contributed by atoms with Crippen LogP contribution in [-0.2, 0) is 25.7 Å². The summed E-state index contributed by atoms with van der Waals surface area (Å²) in [7, 11) is 0. The molecule has 2 unspecified atom stereocenters. The van der Waals surface area contributed by atoms with Gasteiger partial charge in [-0.05, 0) is 10.4 Å². The molecule has 0 aliphatic carbocycles. The molecule has 1 aromatic heterocycles. The van der Waals surface area contributed by atoms with Gasteiger partial charge in [0.1, 0.15) is 36.6 Å². The van der Waals surface area contributed by atoms with Gasteiger partial charge in [0, 0.05) is 11.3 Å². The summed E-state index contributed by atoms with van der Waals surface area (Å²) < 4.78 is 6.22. The molecule has 4 rings (SSSR count). The summed E-state index contributed by atoms with van der Waals surface area (Å²) in [6.07, 6.45) is 1.31. The Balaban J connectivity index is 1.45. The molecular weight excluding hydrogens is 312 g/mol. The lowest BCUT2D eigenvalue weighted by atomic mass is 10.0. The van der Waals surface area contributed by atoms with Crippen LogP contribution in [0.5, 0.6) is 0 Å². The van der Waals surface area contributed by atoms with Crippen LogP contribution in [0.1, 0.15) is 0 Å². The normalized spacial score (nSPS) is 26.3. The Morgan fingerprint density at radius 1 is 1.50 bits per heavy atom. The van der Waals surface area contributed by atoms with E-state index in [2.05, 4.69) is 20.8 Å². The molecule has 0 saturated carbocycles. The van der Waals surface area contributed by atoms with Crippen LogP contribution in [0.3, 0.4) is 0 Å². The van der Waals surface area contributed by atoms with Crippen LogP contribution < -0.4 is 5.32 Å². The highest BCUT2D eigenvalue weighted by molar-refractivity contribution is 8.00. The first-order valence-corrected chi connectivity index (χ1v) is 7.54. The molecule has 3 aliphatic heterocycles. The van der Waals surface area contributed by atoms with Crippen molar-refractivity contribution < 1.29 is 19.1 Å². The lowest BCUT2D eigenvalue weighted by Gasteiger charge is -2.48. The number of hydrogen-bond donors (Lipinski definition) is 1. The fourth-order valence-electron chi connectivity index (χ4n) is 2.62. The molecule has 4 heterocycles. The number of thioether (sulfide) groups is 1. The van der Waals surface area contributed by atoms with Crippen molar-refractivity contribution in [2.24, 2.45) is 0 Å². The van der Waals surface area contributed by atoms with Gasteiger partial charge in [-0.15, -0.1) is 16.9 Å². The first kappa shape index (κ1) is 13.2. The predicted octanol–water partition coefficient (Wildman–Crippen LogP) is -2.12. The van der Waals surface area contributed by atoms with Crippen LogP contribution in [0.25, 0.3) is 0 Å². The van der Waals surface area contributed by atoms with Crippen LogP contribution in [0, 0.1) is 0 Å². The van der Waals surface area contributed by atoms with E-state index in [0.29, 0.717) is 11.4 Å². The summed E-state index contributed by atoms with van der Waals surface area (Å²) in [5.74, 6) is -0.505. The predicted molar refractivity (Wildman–Crippen MR) is 70.8 cm³/mol. The zero-order valence-corrected chi connectivity index (χ0v) is 11.9. The van der Waals surface area contributed by atoms with Crippen molar-refractivity contribution in [2.45, 2.75) is 18.0 Å². The largest absolute Gasteiger partial charge is 0.456 e. The molecule has 0 spiro atoms. The molecule has 11 heteroatoms. The van der Waals surface area contributed by atoms with Crippen molar-refractivity contribution >= 4 is 29.5 Å². The third-order valence-corrected chi connectivity index (χ3v) is 4.97. The highest BCUT2D eigenvalue weighted by Gasteiger charge is 2.55. The minimum absolute atomic E-state index is 0.0653. The van der Waals surface area contributed by atoms with Crippen molar-refractivity contribution in [1.82, 2.24) is 30.4 Å². The summed E-state index contributed by atoms with van der Waals surface area (Å²) in [5, 5.41) is 12.8. The van der Waals surface area contributed by atoms with Gasteiger partial charge in [-0.25, -0.2) is 9.48 Å². The van der Waals surface area contributed by atoms with Crippen LogP contribution in [0.4, 0.5) is 0 Å². The number of nitrogens with zero attached hydrogens (tertiary/aromatic N) is 5. The summed E-state index contributed by atoms with van der Waals surface area (Å²) in [6.45, 7) is 0.179. The number of ether oxygens (including phenoxy) is 1. The van der Waals surface area contributed by atoms with Crippen molar-refractivity contribution in [3.8, 4) is 0 Å². The van der Waals surface area contributed by atoms with Crippen LogP contribution in [-0.4, -0.2) is 66.7 Å². The molecule has 2 atom stereocenters. The Hall–Kier alpha value is -2.43. The first-order chi connectivity index (χ1) is 10.6. The number of β-lactam (4-membered cyclic amide) rings is 1. The standard InChI is InChI=1S/C11H10N6O4S/c18-6(1-16-4-12-14-15-16)13-7-9(19)17-8-5(2-21-11(8)20)3-22-10(7)17/h4,7,10H,1-3H2,(H,13,18). The second kappa shape index (κ2) is 4.80. The SMILES string of the molecule is O=C(Cn1cnnn1)NC1C(=O)N2C3=C(COC3=O)CSC12. The average molecular weight is 322 g/mol. The van der Waals surface area contributed by atoms with Gasteiger partial charge in [-0.1, -0.05) is 0 Å². The highest BCUT2D eigenvalue weighted by Crippen LogP contribution is 2.42. The topological polar surface area (TPSA) is 119 Å². The highest BCUT2D eigenvalue weighted by atomic mass is 32.2. The smallest absolute Gasteiger partial charge is 0.355 e. The second-order valence-corrected chi connectivity index (χ2v) is 6.10. The number of carbonyl (C=O) groups excluding carboxylic acids is 3. The third-order valence-electron chi connectivity index (χ3n) is 3.63. The molecule has 1 saturated heterocycles. The number of aromatic nitrogens is 4. The monoisotopic (exact) mass is 322 g/mol. The van der Waals surface area contributed by atoms with Crippen molar-refractivity contribution in [3.05, 3.63) is 17.6 Å². The average Bonchev–Trinajstić information content (AvgIpc) is 3.14. The van der Waals surface area contributed by atoms with E-state index in [1.807, 2.05) is 0 Å². The van der Waals surface area contributed by atoms with Gasteiger partial charge in [0.25, 0.3) is 5.91 Å². The van der Waals surface area contributed by atoms with Gasteiger partial charge in [-0.3, -0.25) is 14.5 Å². The molecule has 22 heavy (non-hydrogen) atoms. The summed E-state index contributed by atoms with van der Waals surface area (Å²) in [6, 6.07) is -0.642. The van der Waals surface area contributed by atoms with Crippen molar-refractivity contribution in [1.29, 1.82) is 0 Å². The summed E-state index contributed by atoms with van der Waals surface area (Å²) in [4.78, 5) is 37.3. The summed E-state index contributed by atoms with van der Waals surface area (Å²) >= 11 is 1.51. The second-order valence-electron chi connectivity index (χ2n) is 4.99. The lowest BCUT2D eigenvalue weighted by Crippen LogP contribution is -2.70. The quantitative estimate of drug-likeness (QED) is 0.496. The Bertz CT molecular complexity index is 701. The molecule has 0 aromatic carbocycles. The zero-order chi connectivity index (χ0) is 15.3. The van der Waals surface area contributed by atoms with Crippen molar-refractivity contribution in [2.75, 3.05) is 12.4 Å². The number of cyclic esters (lactones) is 1. The van der Waals surface area contributed by atoms with Gasteiger partial charge in [0.15, 0.2) is 0 Å². The van der Waals surface area contributed by atoms with E-state index in [0.717, 1.165) is 5.57 Å². The van der Waals surface area contributed by atoms with Gasteiger partial charge >= 0.3 is 5.97 Å². The molecule has 114 valence electrons. The Labute approximate surface area is 127 Å². The maximum absolute atomic E-state index is 12.2. The van der Waals surface area contributed by atoms with E-state index in [-0.39, 0.29) is 30.3 Å². The number of amides is 2. The van der Waals surface area contributed by atoms with Gasteiger partial charge in [0.2, 0.25) is 5.91 Å². The number of tetrazole rings is 1. The van der Waals surface area contributed by atoms with Crippen molar-refractivity contribution in [3.63, 3.8) is 0 Å². The molecule has 2 amide bonds. The fourth-order valence-corrected chi connectivity index (χ4v) is 3.95. The minimum atomic E-state index is -0.642. The third kappa shape index (κ3) is 1.89. The maximum Gasteiger partial charge on any atom is 0.355 e. The van der Waals surface area contributed by atoms with E-state index < -0.39 is 12.0 Å². The molecule has 1 aromatic rings. The number of rotatable bonds is 3. The zero-order valence-electron chi connectivity index (χ0n) is 11.1. The Kier molecular flexibility index (Phi) is 2.89. The lowest BCUT2D eigenvalue weighted by molar-refractivity contribution is -0.150. The fraction of sp³-hybridized carbons (Fsp3) is 0.455. The molecule has 0 radical (unpaired) electrons. The number of nitrogens with one attached hydrogen (secondary N) is 1. The van der Waals surface area contributed by atoms with E-state index in [9.17, 15) is 14.4 Å². The van der Waals surface area contributed by atoms with E-state index in [1.165, 1.54) is 27.7 Å². The minimum Gasteiger partial charge on any atom is -0.456 e. The molecule has 0 bridgehead atoms. The first-order valence-electron chi connectivity index (χ1n) is 6.49. The molecule has 1 fully saturated rings. The van der Waals surface area contributed by atoms with Gasteiger partial charge in [-0.2, -0.15) is 0 Å². The number of hydrogen-bond acceptors (Lipinski definition) is 8. The Morgan fingerprint density at radius 3 is 3.14 bits per heavy atom. The van der Waals surface area contributed by atoms with Gasteiger partial charge in [0.05, 0.1) is 0 Å². The number of carbonyl (C=O) groups is 3. The number of esters is 1. The summed E-state index contributed by atoms with van der Waals surface area (Å²) in [5.41, 5.74) is 1.18. The molecule has 1 N–H and O–H groups in total. The molecule has 10 nitrogen and oxygen atoms in total. The van der Waals surface area contributed by atoms with E-state index >= 15 is 0 Å². The van der Waals surface area contributed by atoms with Crippen LogP contribution in [0.15, 0.2) is 17.6 Å². The molecular formula is C11H10N6O4S. The van der Waals surface area contributed by atoms with Gasteiger partial charge < -0.3 is 10.1 Å². The van der Waals surface area contributed by atoms with Crippen LogP contribution >= 0.6 is 11.8 Å².